The molecule has 0 bridgehead atoms. The number of hydrogen-bond donors (Lipinski definition) is 0. The van der Waals surface area contributed by atoms with Gasteiger partial charge in [0.1, 0.15) is 5.52 Å². The van der Waals surface area contributed by atoms with E-state index < -0.39 is 25.7 Å². The molecule has 28 heteroatoms. The van der Waals surface area contributed by atoms with E-state index in [9.17, 15) is 49.5 Å². The van der Waals surface area contributed by atoms with Crippen LogP contribution in [0, 0.1) is 94.8 Å². The summed E-state index contributed by atoms with van der Waals surface area (Å²) in [5.41, 5.74) is 17.5. The summed E-state index contributed by atoms with van der Waals surface area (Å²) in [5, 5.41) is 44.5. The molecule has 556 valence electrons. The Kier molecular flexibility index (Phi) is 24.5. The number of ketones is 2. The van der Waals surface area contributed by atoms with E-state index in [-0.39, 0.29) is 39.2 Å². The molecule has 0 saturated carbocycles. The number of rotatable bonds is 13. The van der Waals surface area contributed by atoms with Gasteiger partial charge < -0.3 is 22.8 Å². The molecule has 0 aliphatic heterocycles. The molecule has 0 saturated heterocycles. The summed E-state index contributed by atoms with van der Waals surface area (Å²) in [6.45, 7) is 10.7. The fourth-order valence-corrected chi connectivity index (χ4v) is 13.7. The van der Waals surface area contributed by atoms with Crippen LogP contribution in [-0.2, 0) is 0 Å². The Hall–Kier alpha value is -13.3. The van der Waals surface area contributed by atoms with Gasteiger partial charge in [-0.05, 0) is 228 Å². The highest BCUT2D eigenvalue weighted by atomic mass is 127. The largest absolute Gasteiger partial charge is 0.312 e. The molecule has 10 aromatic heterocycles. The number of aromatic nitrogens is 10. The smallest absolute Gasteiger partial charge is 0.265 e. The first-order valence-electron chi connectivity index (χ1n) is 33.6. The number of fused-ring (bicyclic) bond motifs is 5. The third-order valence-corrected chi connectivity index (χ3v) is 19.8. The van der Waals surface area contributed by atoms with Crippen LogP contribution >= 0.6 is 38.5 Å². The minimum atomic E-state index is -2.66. The van der Waals surface area contributed by atoms with Crippen molar-refractivity contribution in [2.75, 3.05) is 5.33 Å². The van der Waals surface area contributed by atoms with Crippen LogP contribution in [0.2, 0.25) is 0 Å². The molecular weight excluding hydrogens is 1630 g/mol. The summed E-state index contributed by atoms with van der Waals surface area (Å²) >= 11 is 5.32. The van der Waals surface area contributed by atoms with Crippen molar-refractivity contribution in [3.05, 3.63) is 294 Å². The van der Waals surface area contributed by atoms with E-state index in [1.54, 1.807) is 138 Å². The van der Waals surface area contributed by atoms with E-state index in [4.69, 9.17) is 26.3 Å². The van der Waals surface area contributed by atoms with Crippen LogP contribution < -0.4 is 0 Å². The molecule has 15 rings (SSSR count). The van der Waals surface area contributed by atoms with Gasteiger partial charge in [0.25, 0.3) is 25.7 Å². The molecule has 18 nitrogen and oxygen atoms in total. The molecule has 0 aliphatic carbocycles. The number of hydrogen-bond acceptors (Lipinski definition) is 13. The fourth-order valence-electron chi connectivity index (χ4n) is 12.8. The van der Waals surface area contributed by atoms with E-state index in [1.165, 1.54) is 43.6 Å². The van der Waals surface area contributed by atoms with Crippen molar-refractivity contribution < 1.29 is 49.5 Å². The van der Waals surface area contributed by atoms with E-state index in [1.807, 2.05) is 76.9 Å². The van der Waals surface area contributed by atoms with Gasteiger partial charge in [-0.2, -0.15) is 26.3 Å². The maximum Gasteiger partial charge on any atom is 0.265 e. The second-order valence-corrected chi connectivity index (χ2v) is 26.7. The third kappa shape index (κ3) is 16.5. The Labute approximate surface area is 655 Å². The summed E-state index contributed by atoms with van der Waals surface area (Å²) < 4.78 is 114. The van der Waals surface area contributed by atoms with Crippen LogP contribution in [0.1, 0.15) is 142 Å². The number of alkyl halides is 9. The highest BCUT2D eigenvalue weighted by Gasteiger charge is 2.26. The molecule has 0 fully saturated rings. The number of nitrogens with zero attached hydrogens (tertiary/aromatic N) is 15. The van der Waals surface area contributed by atoms with Crippen LogP contribution in [0.15, 0.2) is 195 Å². The summed E-state index contributed by atoms with van der Waals surface area (Å²) in [7, 11) is 0. The highest BCUT2D eigenvalue weighted by Crippen LogP contribution is 2.36. The quantitative estimate of drug-likeness (QED) is 0.0342. The molecule has 10 heterocycles. The zero-order valence-corrected chi connectivity index (χ0v) is 63.5. The van der Waals surface area contributed by atoms with E-state index in [0.717, 1.165) is 67.4 Å². The number of Topliss-reactive ketones (excluding diaryl/α,β-unsaturated/α-hetero) is 2. The molecule has 0 radical (unpaired) electrons. The second kappa shape index (κ2) is 34.5. The van der Waals surface area contributed by atoms with Crippen LogP contribution in [0.4, 0.5) is 35.1 Å². The topological polar surface area (TPSA) is 259 Å². The molecule has 0 spiro atoms. The average Bonchev–Trinajstić information content (AvgIpc) is 1.60. The Morgan fingerprint density at radius 2 is 0.688 bits per heavy atom. The predicted molar refractivity (Wildman–Crippen MR) is 419 cm³/mol. The van der Waals surface area contributed by atoms with Crippen molar-refractivity contribution in [2.45, 2.75) is 67.2 Å². The number of nitriles is 5. The van der Waals surface area contributed by atoms with Gasteiger partial charge >= 0.3 is 0 Å². The van der Waals surface area contributed by atoms with Gasteiger partial charge in [-0.25, -0.2) is 35.1 Å². The predicted octanol–water partition coefficient (Wildman–Crippen LogP) is 21.0. The summed E-state index contributed by atoms with van der Waals surface area (Å²) in [4.78, 5) is 56.0. The summed E-state index contributed by atoms with van der Waals surface area (Å²) in [6.07, 6.45) is -3.43. The van der Waals surface area contributed by atoms with E-state index in [2.05, 4.69) is 81.6 Å². The van der Waals surface area contributed by atoms with Crippen molar-refractivity contribution in [3.8, 4) is 58.8 Å². The van der Waals surface area contributed by atoms with Crippen molar-refractivity contribution in [1.29, 1.82) is 26.3 Å². The van der Waals surface area contributed by atoms with Crippen molar-refractivity contribution >= 4 is 112 Å². The SMILES string of the molecule is CC(=O)c1c(C)n(-c2ccc(C#N)cc2)c2cc(C(F)F)cnc12.Cc1c(C(=O)CBr)c2ncc(C(F)F)cc2n1-c1ccc(C#N)cc1.Cc1c(I)c2ncc(C(F)F)cc2n1-c1ccc(C#N)cc1.Cc1cc2ncc(C(F)F)cc2n1-c1ccc(C#N)cc1.Cc1cc2ncc(C=O)cc2n1-c1ccc(C#N)cc1. The lowest BCUT2D eigenvalue weighted by atomic mass is 10.1. The van der Waals surface area contributed by atoms with Gasteiger partial charge in [0, 0.05) is 116 Å². The molecule has 0 N–H and O–H groups in total. The number of carbonyl (C=O) groups excluding carboxylic acids is 3. The molecular formula is C84H57BrF8IN15O3. The molecule has 15 aromatic rings. The van der Waals surface area contributed by atoms with Gasteiger partial charge in [0.2, 0.25) is 0 Å². The first-order valence-corrected chi connectivity index (χ1v) is 35.8. The van der Waals surface area contributed by atoms with Gasteiger partial charge in [0.05, 0.1) is 128 Å². The monoisotopic (exact) mass is 1680 g/mol. The maximum atomic E-state index is 13.1. The van der Waals surface area contributed by atoms with Crippen LogP contribution in [-0.4, -0.2) is 70.9 Å². The molecule has 0 unspecified atom stereocenters. The Morgan fingerprint density at radius 1 is 0.402 bits per heavy atom. The number of benzene rings is 5. The molecule has 0 amide bonds. The first-order chi connectivity index (χ1) is 53.8. The second-order valence-electron chi connectivity index (χ2n) is 25.1. The Bertz CT molecular complexity index is 6360. The Morgan fingerprint density at radius 3 is 1.02 bits per heavy atom. The van der Waals surface area contributed by atoms with Gasteiger partial charge in [0.15, 0.2) is 17.9 Å². The van der Waals surface area contributed by atoms with Gasteiger partial charge in [-0.1, -0.05) is 15.9 Å². The Balaban J connectivity index is 0.000000139. The number of halogens is 10. The lowest BCUT2D eigenvalue weighted by Gasteiger charge is -2.09. The third-order valence-electron chi connectivity index (χ3n) is 18.0. The van der Waals surface area contributed by atoms with Gasteiger partial charge in [-0.15, -0.1) is 0 Å². The molecule has 5 aromatic carbocycles. The summed E-state index contributed by atoms with van der Waals surface area (Å²) in [6, 6.07) is 56.3. The molecule has 112 heavy (non-hydrogen) atoms. The van der Waals surface area contributed by atoms with Crippen LogP contribution in [0.25, 0.3) is 83.6 Å². The van der Waals surface area contributed by atoms with E-state index >= 15 is 0 Å². The van der Waals surface area contributed by atoms with Crippen molar-refractivity contribution in [3.63, 3.8) is 0 Å². The lowest BCUT2D eigenvalue weighted by Crippen LogP contribution is -2.04. The average molecular weight is 1680 g/mol. The number of aldehydes is 1. The molecule has 0 aliphatic rings. The highest BCUT2D eigenvalue weighted by molar-refractivity contribution is 14.1. The standard InChI is InChI=1S/C18H12BrF2N3O.C18H13F2N3O.C16H10F2IN3.C16H11F2N3.C16H11N3O/c1-10-16(15(25)7-19)17-14(6-12(9-23-17)18(20)21)24(10)13-4-2-11(8-22)3-5-13;1-10-16(11(2)24)17-15(7-13(9-22-17)18(19)20)23(10)14-5-3-12(8-21)4-6-14;1-9-14(19)15-13(6-11(8-21-15)16(17)18)22(9)12-4-2-10(7-20)3-5-12;1-10-6-14-15(7-12(9-20-14)16(17)18)21(10)13-4-2-11(8-19)3-5-13;1-11-6-15-16(7-13(10-20)9-18-15)19(11)14-4-2-12(8-17)3-5-14/h2-6,9,18H,7H2,1H3;3-7,9,18H,1-2H3;2-6,8,16H,1H3;2-7,9,16H,1H3;2-7,9-10H,1H3. The first kappa shape index (κ1) is 79.7. The minimum absolute atomic E-state index is 0.101. The van der Waals surface area contributed by atoms with Crippen LogP contribution in [0.5, 0.6) is 0 Å². The number of carbonyl (C=O) groups is 3. The fraction of sp³-hybridized carbons (Fsp3) is 0.131. The lowest BCUT2D eigenvalue weighted by molar-refractivity contribution is 0.101. The van der Waals surface area contributed by atoms with E-state index in [0.29, 0.717) is 111 Å². The van der Waals surface area contributed by atoms with Crippen LogP contribution in [0.3, 0.4) is 0 Å². The van der Waals surface area contributed by atoms with Crippen molar-refractivity contribution in [1.82, 2.24) is 47.8 Å². The number of pyridine rings is 5. The maximum absolute atomic E-state index is 13.1. The number of aryl methyl sites for hydroxylation is 2. The minimum Gasteiger partial charge on any atom is -0.312 e. The zero-order chi connectivity index (χ0) is 80.5. The van der Waals surface area contributed by atoms with Crippen molar-refractivity contribution in [2.24, 2.45) is 0 Å². The zero-order valence-electron chi connectivity index (χ0n) is 59.8. The van der Waals surface area contributed by atoms with Gasteiger partial charge in [-0.3, -0.25) is 39.3 Å². The normalized spacial score (nSPS) is 10.9. The molecule has 0 atom stereocenters. The summed E-state index contributed by atoms with van der Waals surface area (Å²) in [5.74, 6) is -0.352.